The molecule has 1 amide bonds. The highest BCUT2D eigenvalue weighted by Gasteiger charge is 2.25. The summed E-state index contributed by atoms with van der Waals surface area (Å²) in [5.74, 6) is 1.96. The van der Waals surface area contributed by atoms with Crippen LogP contribution in [0.3, 0.4) is 0 Å². The molecule has 1 aliphatic rings. The van der Waals surface area contributed by atoms with Gasteiger partial charge in [0.25, 0.3) is 0 Å². The maximum atomic E-state index is 12.6. The van der Waals surface area contributed by atoms with Gasteiger partial charge in [-0.1, -0.05) is 18.2 Å². The summed E-state index contributed by atoms with van der Waals surface area (Å²) in [7, 11) is 0. The Hall–Kier alpha value is -3.26. The van der Waals surface area contributed by atoms with Gasteiger partial charge in [-0.05, 0) is 48.6 Å². The number of imidazole rings is 1. The maximum absolute atomic E-state index is 12.6. The van der Waals surface area contributed by atoms with Crippen LogP contribution in [0.1, 0.15) is 18.7 Å². The molecule has 0 saturated carbocycles. The SMILES string of the molecule is O=C(NCCc1nc2ccccc2[nH]1)C1CCN(c2ccc(-c3cccs3)nn2)CC1. The highest BCUT2D eigenvalue weighted by atomic mass is 32.1. The molecule has 1 saturated heterocycles. The summed E-state index contributed by atoms with van der Waals surface area (Å²) < 4.78 is 0. The molecule has 0 spiro atoms. The van der Waals surface area contributed by atoms with Crippen molar-refractivity contribution in [2.45, 2.75) is 19.3 Å². The van der Waals surface area contributed by atoms with Gasteiger partial charge >= 0.3 is 0 Å². The van der Waals surface area contributed by atoms with Crippen LogP contribution < -0.4 is 10.2 Å². The number of para-hydroxylation sites is 2. The molecule has 3 aromatic heterocycles. The number of amides is 1. The van der Waals surface area contributed by atoms with Crippen LogP contribution in [0, 0.1) is 5.92 Å². The molecule has 1 fully saturated rings. The van der Waals surface area contributed by atoms with E-state index in [0.717, 1.165) is 59.2 Å². The van der Waals surface area contributed by atoms with Crippen molar-refractivity contribution < 1.29 is 4.79 Å². The van der Waals surface area contributed by atoms with Gasteiger partial charge in [0.1, 0.15) is 11.5 Å². The number of hydrogen-bond acceptors (Lipinski definition) is 6. The molecule has 0 bridgehead atoms. The van der Waals surface area contributed by atoms with E-state index in [0.29, 0.717) is 13.0 Å². The fourth-order valence-electron chi connectivity index (χ4n) is 3.99. The first-order chi connectivity index (χ1) is 15.3. The lowest BCUT2D eigenvalue weighted by Crippen LogP contribution is -2.41. The lowest BCUT2D eigenvalue weighted by molar-refractivity contribution is -0.125. The number of aromatic nitrogens is 4. The predicted molar refractivity (Wildman–Crippen MR) is 123 cm³/mol. The minimum atomic E-state index is 0.0466. The molecule has 2 N–H and O–H groups in total. The van der Waals surface area contributed by atoms with Gasteiger partial charge < -0.3 is 15.2 Å². The number of nitrogens with one attached hydrogen (secondary N) is 2. The van der Waals surface area contributed by atoms with Crippen LogP contribution in [0.4, 0.5) is 5.82 Å². The highest BCUT2D eigenvalue weighted by Crippen LogP contribution is 2.25. The van der Waals surface area contributed by atoms with Crippen LogP contribution in [0.5, 0.6) is 0 Å². The van der Waals surface area contributed by atoms with Crippen molar-refractivity contribution in [1.82, 2.24) is 25.5 Å². The van der Waals surface area contributed by atoms with Crippen LogP contribution in [-0.2, 0) is 11.2 Å². The Bertz CT molecular complexity index is 1110. The Morgan fingerprint density at radius 3 is 2.71 bits per heavy atom. The largest absolute Gasteiger partial charge is 0.355 e. The summed E-state index contributed by atoms with van der Waals surface area (Å²) >= 11 is 1.66. The Balaban J connectivity index is 1.09. The van der Waals surface area contributed by atoms with Gasteiger partial charge in [-0.15, -0.1) is 21.5 Å². The van der Waals surface area contributed by atoms with Crippen molar-refractivity contribution in [1.29, 1.82) is 0 Å². The predicted octanol–water partition coefficient (Wildman–Crippen LogP) is 3.66. The number of hydrogen-bond donors (Lipinski definition) is 2. The van der Waals surface area contributed by atoms with Gasteiger partial charge in [-0.25, -0.2) is 4.98 Å². The van der Waals surface area contributed by atoms with E-state index >= 15 is 0 Å². The van der Waals surface area contributed by atoms with E-state index in [1.54, 1.807) is 11.3 Å². The first-order valence-electron chi connectivity index (χ1n) is 10.6. The van der Waals surface area contributed by atoms with Gasteiger partial charge in [0, 0.05) is 32.0 Å². The normalized spacial score (nSPS) is 14.8. The van der Waals surface area contributed by atoms with Crippen molar-refractivity contribution in [3.8, 4) is 10.6 Å². The molecule has 1 aromatic carbocycles. The van der Waals surface area contributed by atoms with Crippen LogP contribution in [0.2, 0.25) is 0 Å². The quantitative estimate of drug-likeness (QED) is 0.486. The van der Waals surface area contributed by atoms with Crippen molar-refractivity contribution in [3.05, 3.63) is 59.7 Å². The standard InChI is InChI=1S/C23H24N6OS/c30-23(24-12-9-21-25-17-4-1-2-5-18(17)26-21)16-10-13-29(14-11-16)22-8-7-19(27-28-22)20-6-3-15-31-20/h1-8,15-16H,9-14H2,(H,24,30)(H,25,26). The van der Waals surface area contributed by atoms with E-state index in [9.17, 15) is 4.79 Å². The van der Waals surface area contributed by atoms with Gasteiger partial charge in [0.15, 0.2) is 5.82 Å². The minimum absolute atomic E-state index is 0.0466. The van der Waals surface area contributed by atoms with Gasteiger partial charge in [0.2, 0.25) is 5.91 Å². The monoisotopic (exact) mass is 432 g/mol. The number of carbonyl (C=O) groups excluding carboxylic acids is 1. The minimum Gasteiger partial charge on any atom is -0.355 e. The van der Waals surface area contributed by atoms with E-state index in [2.05, 4.69) is 30.4 Å². The molecular weight excluding hydrogens is 408 g/mol. The summed E-state index contributed by atoms with van der Waals surface area (Å²) in [5, 5.41) is 13.9. The second-order valence-corrected chi connectivity index (χ2v) is 8.70. The number of thiophene rings is 1. The van der Waals surface area contributed by atoms with E-state index in [-0.39, 0.29) is 11.8 Å². The van der Waals surface area contributed by atoms with Crippen LogP contribution in [-0.4, -0.2) is 45.7 Å². The van der Waals surface area contributed by atoms with E-state index in [1.807, 2.05) is 53.9 Å². The van der Waals surface area contributed by atoms with Crippen LogP contribution in [0.25, 0.3) is 21.6 Å². The molecule has 1 aliphatic heterocycles. The summed E-state index contributed by atoms with van der Waals surface area (Å²) in [6.07, 6.45) is 2.35. The zero-order valence-electron chi connectivity index (χ0n) is 17.1. The second kappa shape index (κ2) is 8.85. The van der Waals surface area contributed by atoms with Crippen molar-refractivity contribution in [2.24, 2.45) is 5.92 Å². The fourth-order valence-corrected chi connectivity index (χ4v) is 4.68. The third-order valence-corrected chi connectivity index (χ3v) is 6.61. The van der Waals surface area contributed by atoms with Gasteiger partial charge in [0.05, 0.1) is 15.9 Å². The average molecular weight is 433 g/mol. The Kier molecular flexibility index (Phi) is 5.62. The third-order valence-electron chi connectivity index (χ3n) is 5.71. The Morgan fingerprint density at radius 2 is 1.97 bits per heavy atom. The summed E-state index contributed by atoms with van der Waals surface area (Å²) in [6, 6.07) is 16.1. The number of carbonyl (C=O) groups is 1. The van der Waals surface area contributed by atoms with Crippen LogP contribution in [0.15, 0.2) is 53.9 Å². The van der Waals surface area contributed by atoms with Crippen molar-refractivity contribution in [3.63, 3.8) is 0 Å². The number of nitrogens with zero attached hydrogens (tertiary/aromatic N) is 4. The highest BCUT2D eigenvalue weighted by molar-refractivity contribution is 7.13. The van der Waals surface area contributed by atoms with Crippen LogP contribution >= 0.6 is 11.3 Å². The zero-order valence-corrected chi connectivity index (χ0v) is 17.9. The van der Waals surface area contributed by atoms with Crippen molar-refractivity contribution >= 4 is 34.1 Å². The lowest BCUT2D eigenvalue weighted by atomic mass is 9.96. The molecule has 158 valence electrons. The number of benzene rings is 1. The second-order valence-electron chi connectivity index (χ2n) is 7.76. The molecule has 7 nitrogen and oxygen atoms in total. The number of piperidine rings is 1. The molecule has 31 heavy (non-hydrogen) atoms. The first-order valence-corrected chi connectivity index (χ1v) is 11.5. The number of rotatable bonds is 6. The Morgan fingerprint density at radius 1 is 1.10 bits per heavy atom. The molecule has 0 radical (unpaired) electrons. The molecule has 4 aromatic rings. The number of anilines is 1. The molecule has 5 rings (SSSR count). The maximum Gasteiger partial charge on any atom is 0.223 e. The lowest BCUT2D eigenvalue weighted by Gasteiger charge is -2.31. The molecule has 0 unspecified atom stereocenters. The molecule has 0 atom stereocenters. The van der Waals surface area contributed by atoms with E-state index in [1.165, 1.54) is 0 Å². The molecule has 8 heteroatoms. The topological polar surface area (TPSA) is 86.8 Å². The average Bonchev–Trinajstić information content (AvgIpc) is 3.49. The zero-order chi connectivity index (χ0) is 21.0. The molecular formula is C23H24N6OS. The smallest absolute Gasteiger partial charge is 0.223 e. The summed E-state index contributed by atoms with van der Waals surface area (Å²) in [4.78, 5) is 23.8. The van der Waals surface area contributed by atoms with E-state index in [4.69, 9.17) is 0 Å². The number of H-pyrrole nitrogens is 1. The van der Waals surface area contributed by atoms with E-state index < -0.39 is 0 Å². The van der Waals surface area contributed by atoms with Gasteiger partial charge in [-0.3, -0.25) is 4.79 Å². The molecule has 0 aliphatic carbocycles. The molecule has 4 heterocycles. The van der Waals surface area contributed by atoms with Gasteiger partial charge in [-0.2, -0.15) is 0 Å². The third kappa shape index (κ3) is 4.44. The summed E-state index contributed by atoms with van der Waals surface area (Å²) in [6.45, 7) is 2.22. The van der Waals surface area contributed by atoms with Crippen molar-refractivity contribution in [2.75, 3.05) is 24.5 Å². The number of fused-ring (bicyclic) bond motifs is 1. The first kappa shape index (κ1) is 19.7. The number of aromatic amines is 1. The fraction of sp³-hybridized carbons (Fsp3) is 0.304. The Labute approximate surface area is 184 Å². The summed E-state index contributed by atoms with van der Waals surface area (Å²) in [5.41, 5.74) is 2.89.